The summed E-state index contributed by atoms with van der Waals surface area (Å²) in [6.07, 6.45) is 1.60. The molecule has 106 valence electrons. The van der Waals surface area contributed by atoms with E-state index in [0.29, 0.717) is 32.1 Å². The highest BCUT2D eigenvalue weighted by molar-refractivity contribution is 5.56. The van der Waals surface area contributed by atoms with Crippen LogP contribution >= 0.6 is 0 Å². The molecule has 0 fully saturated rings. The van der Waals surface area contributed by atoms with Crippen molar-refractivity contribution in [3.8, 4) is 11.4 Å². The van der Waals surface area contributed by atoms with Gasteiger partial charge in [0.15, 0.2) is 5.82 Å². The van der Waals surface area contributed by atoms with Crippen LogP contribution in [0.5, 0.6) is 0 Å². The van der Waals surface area contributed by atoms with Crippen molar-refractivity contribution >= 4 is 5.69 Å². The Kier molecular flexibility index (Phi) is 4.75. The normalized spacial score (nSPS) is 10.7. The molecular weight excluding hydrogens is 262 g/mol. The van der Waals surface area contributed by atoms with E-state index in [1.807, 2.05) is 0 Å². The molecule has 8 heteroatoms. The molecule has 2 rings (SSSR count). The molecule has 0 radical (unpaired) electrons. The topological polar surface area (TPSA) is 109 Å². The lowest BCUT2D eigenvalue weighted by Gasteiger charge is -2.01. The van der Waals surface area contributed by atoms with Gasteiger partial charge in [0.05, 0.1) is 24.7 Å². The number of nitrogens with zero attached hydrogens (tertiary/aromatic N) is 4. The lowest BCUT2D eigenvalue weighted by molar-refractivity contribution is -0.384. The second-order valence-corrected chi connectivity index (χ2v) is 4.04. The summed E-state index contributed by atoms with van der Waals surface area (Å²) in [5, 5.41) is 14.8. The number of ether oxygens (including phenoxy) is 1. The zero-order valence-electron chi connectivity index (χ0n) is 10.8. The van der Waals surface area contributed by atoms with Crippen LogP contribution in [0.2, 0.25) is 0 Å². The lowest BCUT2D eigenvalue weighted by atomic mass is 10.2. The molecule has 20 heavy (non-hydrogen) atoms. The predicted octanol–water partition coefficient (Wildman–Crippen LogP) is 0.829. The van der Waals surface area contributed by atoms with Crippen molar-refractivity contribution in [3.63, 3.8) is 0 Å². The summed E-state index contributed by atoms with van der Waals surface area (Å²) in [5.74, 6) is 0.527. The molecule has 0 spiro atoms. The van der Waals surface area contributed by atoms with E-state index in [-0.39, 0.29) is 5.69 Å². The Bertz CT molecular complexity index is 567. The van der Waals surface area contributed by atoms with Crippen LogP contribution in [0, 0.1) is 10.1 Å². The average Bonchev–Trinajstić information content (AvgIpc) is 2.92. The summed E-state index contributed by atoms with van der Waals surface area (Å²) in [5.41, 5.74) is 6.09. The zero-order chi connectivity index (χ0) is 14.4. The number of aromatic nitrogens is 3. The van der Waals surface area contributed by atoms with Crippen molar-refractivity contribution < 1.29 is 9.66 Å². The van der Waals surface area contributed by atoms with Crippen molar-refractivity contribution in [1.82, 2.24) is 14.8 Å². The zero-order valence-corrected chi connectivity index (χ0v) is 10.8. The molecule has 2 aromatic rings. The largest absolute Gasteiger partial charge is 0.378 e. The van der Waals surface area contributed by atoms with Gasteiger partial charge in [-0.15, -0.1) is 0 Å². The molecule has 0 saturated carbocycles. The average molecular weight is 277 g/mol. The molecule has 0 bridgehead atoms. The minimum absolute atomic E-state index is 0.0448. The van der Waals surface area contributed by atoms with Gasteiger partial charge < -0.3 is 10.5 Å². The molecular formula is C12H15N5O3. The third kappa shape index (κ3) is 3.59. The summed E-state index contributed by atoms with van der Waals surface area (Å²) in [7, 11) is 0. The number of benzene rings is 1. The van der Waals surface area contributed by atoms with Crippen LogP contribution in [0.25, 0.3) is 11.4 Å². The van der Waals surface area contributed by atoms with Crippen LogP contribution in [0.4, 0.5) is 5.69 Å². The molecule has 0 saturated heterocycles. The molecule has 0 amide bonds. The monoisotopic (exact) mass is 277 g/mol. The molecule has 2 N–H and O–H groups in total. The molecule has 1 aromatic carbocycles. The fraction of sp³-hybridized carbons (Fsp3) is 0.333. The van der Waals surface area contributed by atoms with Gasteiger partial charge >= 0.3 is 0 Å². The predicted molar refractivity (Wildman–Crippen MR) is 72.0 cm³/mol. The Morgan fingerprint density at radius 1 is 1.30 bits per heavy atom. The quantitative estimate of drug-likeness (QED) is 0.456. The van der Waals surface area contributed by atoms with Crippen molar-refractivity contribution in [2.45, 2.75) is 6.54 Å². The van der Waals surface area contributed by atoms with Gasteiger partial charge in [-0.1, -0.05) is 0 Å². The summed E-state index contributed by atoms with van der Waals surface area (Å²) >= 11 is 0. The van der Waals surface area contributed by atoms with Gasteiger partial charge in [0.25, 0.3) is 5.69 Å². The summed E-state index contributed by atoms with van der Waals surface area (Å²) in [4.78, 5) is 14.3. The highest BCUT2D eigenvalue weighted by atomic mass is 16.6. The van der Waals surface area contributed by atoms with E-state index in [9.17, 15) is 10.1 Å². The Labute approximate surface area is 115 Å². The highest BCUT2D eigenvalue weighted by Crippen LogP contribution is 2.18. The van der Waals surface area contributed by atoms with Gasteiger partial charge in [-0.2, -0.15) is 5.10 Å². The molecule has 0 atom stereocenters. The summed E-state index contributed by atoms with van der Waals surface area (Å²) < 4.78 is 6.92. The number of nitrogens with two attached hydrogens (primary N) is 1. The van der Waals surface area contributed by atoms with Gasteiger partial charge in [-0.3, -0.25) is 14.8 Å². The van der Waals surface area contributed by atoms with Gasteiger partial charge in [0, 0.05) is 24.2 Å². The second kappa shape index (κ2) is 6.73. The van der Waals surface area contributed by atoms with E-state index in [2.05, 4.69) is 10.1 Å². The van der Waals surface area contributed by atoms with Gasteiger partial charge in [-0.25, -0.2) is 4.98 Å². The van der Waals surface area contributed by atoms with E-state index >= 15 is 0 Å². The molecule has 0 unspecified atom stereocenters. The first-order chi connectivity index (χ1) is 9.70. The van der Waals surface area contributed by atoms with Crippen molar-refractivity contribution in [1.29, 1.82) is 0 Å². The third-order valence-corrected chi connectivity index (χ3v) is 2.60. The number of nitro groups is 1. The summed E-state index contributed by atoms with van der Waals surface area (Å²) in [6.45, 7) is 2.11. The van der Waals surface area contributed by atoms with E-state index in [1.165, 1.54) is 12.1 Å². The first-order valence-corrected chi connectivity index (χ1v) is 6.13. The van der Waals surface area contributed by atoms with Crippen molar-refractivity contribution in [2.24, 2.45) is 5.73 Å². The lowest BCUT2D eigenvalue weighted by Crippen LogP contribution is -2.12. The molecule has 0 aliphatic rings. The maximum Gasteiger partial charge on any atom is 0.269 e. The van der Waals surface area contributed by atoms with E-state index in [1.54, 1.807) is 23.1 Å². The van der Waals surface area contributed by atoms with Gasteiger partial charge in [-0.05, 0) is 12.1 Å². The van der Waals surface area contributed by atoms with Gasteiger partial charge in [0.1, 0.15) is 6.33 Å². The van der Waals surface area contributed by atoms with Gasteiger partial charge in [0.2, 0.25) is 0 Å². The first-order valence-electron chi connectivity index (χ1n) is 6.13. The highest BCUT2D eigenvalue weighted by Gasteiger charge is 2.08. The molecule has 0 aliphatic carbocycles. The Morgan fingerprint density at radius 3 is 2.70 bits per heavy atom. The first kappa shape index (κ1) is 14.1. The second-order valence-electron chi connectivity index (χ2n) is 4.04. The molecule has 1 aromatic heterocycles. The fourth-order valence-electron chi connectivity index (χ4n) is 1.61. The van der Waals surface area contributed by atoms with Crippen LogP contribution in [-0.4, -0.2) is 39.4 Å². The van der Waals surface area contributed by atoms with Crippen LogP contribution in [-0.2, 0) is 11.3 Å². The number of non-ortho nitro benzene ring substituents is 1. The Morgan fingerprint density at radius 2 is 2.05 bits per heavy atom. The van der Waals surface area contributed by atoms with E-state index in [0.717, 1.165) is 5.56 Å². The van der Waals surface area contributed by atoms with Crippen LogP contribution in [0.3, 0.4) is 0 Å². The van der Waals surface area contributed by atoms with E-state index < -0.39 is 4.92 Å². The number of rotatable bonds is 7. The van der Waals surface area contributed by atoms with Crippen LogP contribution in [0.1, 0.15) is 0 Å². The standard InChI is InChI=1S/C12H15N5O3/c13-5-7-20-8-6-16-9-14-12(15-16)10-1-3-11(4-2-10)17(18)19/h1-4,9H,5-8,13H2. The van der Waals surface area contributed by atoms with E-state index in [4.69, 9.17) is 10.5 Å². The SMILES string of the molecule is NCCOCCn1cnc(-c2ccc([N+](=O)[O-])cc2)n1. The smallest absolute Gasteiger partial charge is 0.269 e. The maximum absolute atomic E-state index is 10.6. The van der Waals surface area contributed by atoms with Crippen molar-refractivity contribution in [3.05, 3.63) is 40.7 Å². The Balaban J connectivity index is 1.99. The molecule has 0 aliphatic heterocycles. The minimum atomic E-state index is -0.440. The maximum atomic E-state index is 10.6. The van der Waals surface area contributed by atoms with Crippen LogP contribution < -0.4 is 5.73 Å². The number of nitro benzene ring substituents is 1. The number of hydrogen-bond acceptors (Lipinski definition) is 6. The molecule has 1 heterocycles. The number of hydrogen-bond donors (Lipinski definition) is 1. The Hall–Kier alpha value is -2.32. The molecule has 8 nitrogen and oxygen atoms in total. The fourth-order valence-corrected chi connectivity index (χ4v) is 1.61. The third-order valence-electron chi connectivity index (χ3n) is 2.60. The van der Waals surface area contributed by atoms with Crippen LogP contribution in [0.15, 0.2) is 30.6 Å². The van der Waals surface area contributed by atoms with Crippen molar-refractivity contribution in [2.75, 3.05) is 19.8 Å². The minimum Gasteiger partial charge on any atom is -0.378 e. The summed E-state index contributed by atoms with van der Waals surface area (Å²) in [6, 6.07) is 6.12.